The summed E-state index contributed by atoms with van der Waals surface area (Å²) in [7, 11) is 0. The molecule has 0 spiro atoms. The maximum absolute atomic E-state index is 15.9. The zero-order valence-corrected chi connectivity index (χ0v) is 50.2. The molecular weight excluding hydrogens is 1020 g/mol. The molecule has 7 aromatic carbocycles. The first-order valence-electron chi connectivity index (χ1n) is 30.8. The van der Waals surface area contributed by atoms with Crippen LogP contribution in [0.1, 0.15) is 189 Å². The van der Waals surface area contributed by atoms with E-state index < -0.39 is 0 Å². The summed E-state index contributed by atoms with van der Waals surface area (Å²) in [5.41, 5.74) is 14.2. The maximum Gasteiger partial charge on any atom is 0.198 e. The van der Waals surface area contributed by atoms with Gasteiger partial charge in [0.1, 0.15) is 0 Å². The molecule has 0 radical (unpaired) electrons. The summed E-state index contributed by atoms with van der Waals surface area (Å²) in [6.45, 7) is 10.8. The van der Waals surface area contributed by atoms with Crippen molar-refractivity contribution < 1.29 is 9.59 Å². The largest absolute Gasteiger partial charge is 0.355 e. The van der Waals surface area contributed by atoms with E-state index in [9.17, 15) is 0 Å². The van der Waals surface area contributed by atoms with Crippen LogP contribution in [0.5, 0.6) is 0 Å². The third-order valence-electron chi connectivity index (χ3n) is 18.4. The van der Waals surface area contributed by atoms with Gasteiger partial charge >= 0.3 is 0 Å². The number of unbranched alkanes of at least 4 members (excludes halogenated alkanes) is 4. The molecule has 0 bridgehead atoms. The smallest absolute Gasteiger partial charge is 0.198 e. The van der Waals surface area contributed by atoms with Gasteiger partial charge in [-0.1, -0.05) is 199 Å². The molecule has 2 N–H and O–H groups in total. The van der Waals surface area contributed by atoms with Crippen molar-refractivity contribution in [3.63, 3.8) is 0 Å². The van der Waals surface area contributed by atoms with Crippen LogP contribution in [0.3, 0.4) is 0 Å². The molecule has 11 rings (SSSR count). The van der Waals surface area contributed by atoms with Crippen molar-refractivity contribution in [1.29, 1.82) is 0 Å². The normalized spacial score (nSPS) is 19.7. The summed E-state index contributed by atoms with van der Waals surface area (Å²) in [5, 5.41) is 7.27. The third-order valence-corrected chi connectivity index (χ3v) is 20.6. The molecule has 0 aliphatic heterocycles. The van der Waals surface area contributed by atoms with E-state index in [-0.39, 0.29) is 11.6 Å². The van der Waals surface area contributed by atoms with Crippen molar-refractivity contribution in [3.8, 4) is 11.1 Å². The molecule has 6 heteroatoms. The fourth-order valence-electron chi connectivity index (χ4n) is 13.5. The van der Waals surface area contributed by atoms with Gasteiger partial charge in [-0.2, -0.15) is 0 Å². The number of aryl methyl sites for hydroxylation is 3. The lowest BCUT2D eigenvalue weighted by molar-refractivity contribution is 0.0976. The number of fused-ring (bicyclic) bond motifs is 2. The first kappa shape index (κ1) is 56.5. The fraction of sp³-hybridized carbons (Fsp3) is 0.360. The van der Waals surface area contributed by atoms with Gasteiger partial charge in [0.25, 0.3) is 0 Å². The number of carbonyl (C=O) groups is 2. The van der Waals surface area contributed by atoms with E-state index in [0.29, 0.717) is 45.5 Å². The van der Waals surface area contributed by atoms with Gasteiger partial charge in [-0.05, 0) is 200 Å². The molecule has 416 valence electrons. The molecule has 0 amide bonds. The van der Waals surface area contributed by atoms with Gasteiger partial charge in [-0.3, -0.25) is 9.59 Å². The lowest BCUT2D eigenvalue weighted by atomic mass is 9.72. The van der Waals surface area contributed by atoms with Crippen molar-refractivity contribution in [2.75, 3.05) is 10.6 Å². The van der Waals surface area contributed by atoms with E-state index >= 15 is 9.59 Å². The van der Waals surface area contributed by atoms with Gasteiger partial charge in [-0.15, -0.1) is 0 Å². The van der Waals surface area contributed by atoms with Crippen LogP contribution in [0.15, 0.2) is 177 Å². The summed E-state index contributed by atoms with van der Waals surface area (Å²) < 4.78 is 0. The highest BCUT2D eigenvalue weighted by Crippen LogP contribution is 2.48. The average Bonchev–Trinajstić information content (AvgIpc) is 3.50. The lowest BCUT2D eigenvalue weighted by Gasteiger charge is -2.33. The van der Waals surface area contributed by atoms with Gasteiger partial charge in [0.2, 0.25) is 0 Å². The van der Waals surface area contributed by atoms with Gasteiger partial charge in [-0.25, -0.2) is 0 Å². The number of rotatable bonds is 20. The summed E-state index contributed by atoms with van der Waals surface area (Å²) in [5.74, 6) is 3.57. The lowest BCUT2D eigenvalue weighted by Crippen LogP contribution is -2.25. The number of hydrogen-bond donors (Lipinski definition) is 2. The molecule has 1 unspecified atom stereocenters. The zero-order valence-electron chi connectivity index (χ0n) is 48.6. The standard InChI is InChI=1S/C75H82N2O2S2/c1-6-8-10-15-52-20-24-54(25-21-52)56-28-32-58(33-29-56)60-36-40-62(41-37-60)80-68-46-44-65(76-64-17-13-12-14-50(64)4)70-72(68)75(79)73-69(47-45-66(71(73)74(70)78)77-67-48-49(3)18-19-51(67)5)81-63-42-38-61(39-43-63)59-34-30-57(31-35-59)55-26-22-53(23-27-55)16-11-9-7-2/h12-14,17-19,28-30,32-48,52-55,57,76-77H,6-11,15-16,20-27,31H2,1-5H3/t52-,53-,54-,55-,57?. The Morgan fingerprint density at radius 2 is 1.00 bits per heavy atom. The van der Waals surface area contributed by atoms with E-state index in [2.05, 4.69) is 161 Å². The van der Waals surface area contributed by atoms with Gasteiger partial charge in [0, 0.05) is 42.1 Å². The maximum atomic E-state index is 15.9. The van der Waals surface area contributed by atoms with Crippen LogP contribution in [-0.2, 0) is 0 Å². The van der Waals surface area contributed by atoms with Gasteiger partial charge < -0.3 is 10.6 Å². The van der Waals surface area contributed by atoms with Crippen LogP contribution >= 0.6 is 23.5 Å². The second-order valence-corrected chi connectivity index (χ2v) is 26.3. The molecule has 0 saturated heterocycles. The van der Waals surface area contributed by atoms with Gasteiger partial charge in [0.15, 0.2) is 11.6 Å². The molecule has 1 atom stereocenters. The number of ketones is 2. The van der Waals surface area contributed by atoms with Crippen molar-refractivity contribution >= 4 is 63.4 Å². The minimum Gasteiger partial charge on any atom is -0.355 e. The Kier molecular flexibility index (Phi) is 18.3. The predicted octanol–water partition coefficient (Wildman–Crippen LogP) is 22.0. The summed E-state index contributed by atoms with van der Waals surface area (Å²) >= 11 is 3.10. The minimum absolute atomic E-state index is 0.155. The Bertz CT molecular complexity index is 3410. The first-order valence-corrected chi connectivity index (χ1v) is 32.4. The zero-order chi connectivity index (χ0) is 55.8. The number of benzene rings is 7. The Balaban J connectivity index is 0.874. The molecule has 0 heterocycles. The molecule has 2 fully saturated rings. The Morgan fingerprint density at radius 3 is 1.56 bits per heavy atom. The number of hydrogen-bond acceptors (Lipinski definition) is 6. The van der Waals surface area contributed by atoms with Crippen molar-refractivity contribution in [3.05, 3.63) is 208 Å². The third kappa shape index (κ3) is 13.1. The molecule has 7 aromatic rings. The second-order valence-electron chi connectivity index (χ2n) is 24.0. The van der Waals surface area contributed by atoms with Gasteiger partial charge in [0.05, 0.1) is 22.5 Å². The highest BCUT2D eigenvalue weighted by molar-refractivity contribution is 7.99. The van der Waals surface area contributed by atoms with Crippen LogP contribution in [-0.4, -0.2) is 11.6 Å². The monoisotopic (exact) mass is 1110 g/mol. The molecule has 4 nitrogen and oxygen atoms in total. The van der Waals surface area contributed by atoms with E-state index in [1.807, 2.05) is 42.5 Å². The topological polar surface area (TPSA) is 58.2 Å². The Hall–Kier alpha value is -6.34. The predicted molar refractivity (Wildman–Crippen MR) is 344 cm³/mol. The summed E-state index contributed by atoms with van der Waals surface area (Å²) in [6.07, 6.45) is 30.1. The van der Waals surface area contributed by atoms with Crippen LogP contribution in [0.2, 0.25) is 0 Å². The highest BCUT2D eigenvalue weighted by atomic mass is 32.2. The van der Waals surface area contributed by atoms with E-state index in [1.54, 1.807) is 23.5 Å². The second kappa shape index (κ2) is 26.3. The van der Waals surface area contributed by atoms with Crippen LogP contribution in [0, 0.1) is 44.4 Å². The summed E-state index contributed by atoms with van der Waals surface area (Å²) in [4.78, 5) is 35.3. The number of nitrogens with one attached hydrogen (secondary N) is 2. The molecule has 4 aliphatic carbocycles. The van der Waals surface area contributed by atoms with Crippen LogP contribution in [0.4, 0.5) is 22.7 Å². The number of para-hydroxylation sites is 1. The Labute approximate surface area is 492 Å². The fourth-order valence-corrected chi connectivity index (χ4v) is 15.4. The quantitative estimate of drug-likeness (QED) is 0.0742. The number of carbonyl (C=O) groups excluding carboxylic acids is 2. The SMILES string of the molecule is CCCCC[C@H]1CC[C@H](c2ccc(-c3ccc(Sc4ccc(Nc5ccccc5C)c5c4C(=O)c4c(Sc6ccc(C7=CCC([C@H]8CC[C@H](CCCCC)CC8)C=C7)cc6)ccc(Nc6cc(C)ccc6C)c4C5=O)cc3)cc2)CC1. The highest BCUT2D eigenvalue weighted by Gasteiger charge is 2.38. The van der Waals surface area contributed by atoms with Crippen LogP contribution < -0.4 is 10.6 Å². The van der Waals surface area contributed by atoms with Crippen molar-refractivity contribution in [2.45, 2.75) is 169 Å². The van der Waals surface area contributed by atoms with E-state index in [0.717, 1.165) is 77.4 Å². The molecule has 0 aromatic heterocycles. The molecule has 81 heavy (non-hydrogen) atoms. The van der Waals surface area contributed by atoms with E-state index in [1.165, 1.54) is 125 Å². The van der Waals surface area contributed by atoms with E-state index in [4.69, 9.17) is 0 Å². The molecular formula is C75H82N2O2S2. The Morgan fingerprint density at radius 1 is 0.481 bits per heavy atom. The number of allylic oxidation sites excluding steroid dienone is 4. The first-order chi connectivity index (χ1) is 39.6. The minimum atomic E-state index is -0.183. The van der Waals surface area contributed by atoms with Crippen molar-refractivity contribution in [1.82, 2.24) is 0 Å². The average molecular weight is 1110 g/mol. The van der Waals surface area contributed by atoms with Crippen LogP contribution in [0.25, 0.3) is 16.7 Å². The molecule has 2 saturated carbocycles. The number of anilines is 4. The summed E-state index contributed by atoms with van der Waals surface area (Å²) in [6, 6.07) is 49.1. The van der Waals surface area contributed by atoms with Crippen molar-refractivity contribution in [2.24, 2.45) is 23.7 Å². The molecule has 4 aliphatic rings.